The van der Waals surface area contributed by atoms with Gasteiger partial charge in [0.2, 0.25) is 5.78 Å². The first kappa shape index (κ1) is 19.8. The second-order valence-corrected chi connectivity index (χ2v) is 8.18. The zero-order valence-electron chi connectivity index (χ0n) is 15.5. The minimum absolute atomic E-state index is 0.272. The predicted molar refractivity (Wildman–Crippen MR) is 108 cm³/mol. The van der Waals surface area contributed by atoms with Crippen molar-refractivity contribution in [3.05, 3.63) is 37.3 Å². The summed E-state index contributed by atoms with van der Waals surface area (Å²) in [6, 6.07) is 1.65. The molecule has 0 fully saturated rings. The molecular formula is C16H17N5O5S2. The Morgan fingerprint density at radius 3 is 2.50 bits per heavy atom. The zero-order chi connectivity index (χ0) is 20.7. The van der Waals surface area contributed by atoms with Crippen LogP contribution in [0, 0.1) is 0 Å². The van der Waals surface area contributed by atoms with E-state index < -0.39 is 29.6 Å². The van der Waals surface area contributed by atoms with Gasteiger partial charge in [0.1, 0.15) is 21.1 Å². The molecule has 3 heterocycles. The van der Waals surface area contributed by atoms with Crippen LogP contribution in [0.2, 0.25) is 0 Å². The van der Waals surface area contributed by atoms with E-state index in [1.54, 1.807) is 6.07 Å². The molecule has 3 aromatic heterocycles. The first-order valence-electron chi connectivity index (χ1n) is 7.95. The second kappa shape index (κ2) is 7.20. The quantitative estimate of drug-likeness (QED) is 0.462. The number of ketones is 1. The van der Waals surface area contributed by atoms with Crippen LogP contribution in [0.1, 0.15) is 20.0 Å². The van der Waals surface area contributed by atoms with Crippen molar-refractivity contribution in [2.75, 3.05) is 31.3 Å². The Morgan fingerprint density at radius 1 is 1.21 bits per heavy atom. The lowest BCUT2D eigenvalue weighted by atomic mass is 10.2. The van der Waals surface area contributed by atoms with Crippen molar-refractivity contribution in [1.82, 2.24) is 14.1 Å². The SMILES string of the molecule is CN(C)c1nc2sc(C(=O)OCC(=O)c3c(N)n(C)c(=O)n(C)c3=O)cc2s1. The standard InChI is InChI=1S/C16H17N5O5S2/c1-19(2)15-18-12-8(28-15)5-9(27-12)14(24)26-6-7(22)10-11(17)20(3)16(25)21(4)13(10)23/h5H,6,17H2,1-4H3. The van der Waals surface area contributed by atoms with Crippen molar-refractivity contribution in [2.24, 2.45) is 14.1 Å². The normalized spacial score (nSPS) is 11.0. The number of carbonyl (C=O) groups is 2. The van der Waals surface area contributed by atoms with Gasteiger partial charge in [-0.1, -0.05) is 11.3 Å². The largest absolute Gasteiger partial charge is 0.453 e. The van der Waals surface area contributed by atoms with Crippen LogP contribution >= 0.6 is 22.7 Å². The van der Waals surface area contributed by atoms with Crippen LogP contribution in [0.25, 0.3) is 9.53 Å². The monoisotopic (exact) mass is 423 g/mol. The number of nitrogens with zero attached hydrogens (tertiary/aromatic N) is 4. The molecule has 0 aliphatic carbocycles. The molecule has 0 spiro atoms. The summed E-state index contributed by atoms with van der Waals surface area (Å²) in [5.41, 5.74) is 3.85. The van der Waals surface area contributed by atoms with Crippen molar-refractivity contribution in [3.63, 3.8) is 0 Å². The molecule has 0 saturated carbocycles. The number of rotatable bonds is 5. The molecule has 0 saturated heterocycles. The fourth-order valence-corrected chi connectivity index (χ4v) is 4.44. The van der Waals surface area contributed by atoms with Gasteiger partial charge < -0.3 is 15.4 Å². The Balaban J connectivity index is 1.78. The lowest BCUT2D eigenvalue weighted by Crippen LogP contribution is -2.42. The summed E-state index contributed by atoms with van der Waals surface area (Å²) in [5.74, 6) is -1.75. The van der Waals surface area contributed by atoms with E-state index >= 15 is 0 Å². The molecule has 28 heavy (non-hydrogen) atoms. The number of nitrogen functional groups attached to an aromatic ring is 1. The number of fused-ring (bicyclic) bond motifs is 1. The number of aromatic nitrogens is 3. The van der Waals surface area contributed by atoms with Gasteiger partial charge in [-0.15, -0.1) is 11.3 Å². The summed E-state index contributed by atoms with van der Waals surface area (Å²) in [5, 5.41) is 0.817. The van der Waals surface area contributed by atoms with E-state index in [4.69, 9.17) is 10.5 Å². The average molecular weight is 423 g/mol. The summed E-state index contributed by atoms with van der Waals surface area (Å²) in [6.07, 6.45) is 0. The third-order valence-electron chi connectivity index (χ3n) is 3.98. The van der Waals surface area contributed by atoms with Crippen molar-refractivity contribution in [1.29, 1.82) is 0 Å². The maximum absolute atomic E-state index is 12.4. The number of carbonyl (C=O) groups excluding carboxylic acids is 2. The predicted octanol–water partition coefficient (Wildman–Crippen LogP) is 0.443. The van der Waals surface area contributed by atoms with Gasteiger partial charge in [-0.25, -0.2) is 14.6 Å². The van der Waals surface area contributed by atoms with Crippen molar-refractivity contribution in [3.8, 4) is 0 Å². The molecule has 0 radical (unpaired) electrons. The molecule has 0 bridgehead atoms. The van der Waals surface area contributed by atoms with E-state index in [0.717, 1.165) is 30.3 Å². The number of Topliss-reactive ketones (excluding diaryl/α,β-unsaturated/α-hetero) is 1. The van der Waals surface area contributed by atoms with Gasteiger partial charge in [-0.05, 0) is 6.07 Å². The van der Waals surface area contributed by atoms with Crippen molar-refractivity contribution < 1.29 is 14.3 Å². The van der Waals surface area contributed by atoms with Crippen LogP contribution in [0.3, 0.4) is 0 Å². The van der Waals surface area contributed by atoms with E-state index in [-0.39, 0.29) is 11.4 Å². The van der Waals surface area contributed by atoms with Crippen LogP contribution in [0.5, 0.6) is 0 Å². The molecule has 0 unspecified atom stereocenters. The van der Waals surface area contributed by atoms with Crippen LogP contribution in [0.15, 0.2) is 15.7 Å². The van der Waals surface area contributed by atoms with Gasteiger partial charge in [0, 0.05) is 28.2 Å². The van der Waals surface area contributed by atoms with Gasteiger partial charge in [-0.2, -0.15) is 0 Å². The van der Waals surface area contributed by atoms with Crippen molar-refractivity contribution in [2.45, 2.75) is 0 Å². The highest BCUT2D eigenvalue weighted by Crippen LogP contribution is 2.34. The number of anilines is 2. The molecule has 148 valence electrons. The van der Waals surface area contributed by atoms with E-state index in [0.29, 0.717) is 9.71 Å². The first-order valence-corrected chi connectivity index (χ1v) is 9.58. The Hall–Kier alpha value is -2.99. The molecule has 10 nitrogen and oxygen atoms in total. The number of esters is 1. The lowest BCUT2D eigenvalue weighted by molar-refractivity contribution is 0.0479. The number of thiazole rings is 1. The van der Waals surface area contributed by atoms with Gasteiger partial charge in [0.25, 0.3) is 5.56 Å². The molecule has 0 amide bonds. The summed E-state index contributed by atoms with van der Waals surface area (Å²) >= 11 is 2.59. The Labute approximate surface area is 166 Å². The maximum atomic E-state index is 12.4. The lowest BCUT2D eigenvalue weighted by Gasteiger charge is -2.10. The van der Waals surface area contributed by atoms with Gasteiger partial charge >= 0.3 is 11.7 Å². The molecule has 3 rings (SSSR count). The topological polar surface area (TPSA) is 130 Å². The summed E-state index contributed by atoms with van der Waals surface area (Å²) < 4.78 is 7.63. The first-order chi connectivity index (χ1) is 13.1. The van der Waals surface area contributed by atoms with Crippen LogP contribution in [-0.2, 0) is 18.8 Å². The van der Waals surface area contributed by atoms with Crippen molar-refractivity contribution >= 4 is 54.9 Å². The maximum Gasteiger partial charge on any atom is 0.348 e. The van der Waals surface area contributed by atoms with Crippen LogP contribution in [-0.4, -0.2) is 46.6 Å². The molecule has 0 aromatic carbocycles. The van der Waals surface area contributed by atoms with Gasteiger partial charge in [0.05, 0.1) is 4.70 Å². The van der Waals surface area contributed by atoms with Crippen LogP contribution < -0.4 is 21.9 Å². The number of hydrogen-bond donors (Lipinski definition) is 1. The summed E-state index contributed by atoms with van der Waals surface area (Å²) in [7, 11) is 6.32. The van der Waals surface area contributed by atoms with E-state index in [2.05, 4.69) is 4.98 Å². The molecule has 0 atom stereocenters. The molecule has 0 aliphatic heterocycles. The third kappa shape index (κ3) is 3.31. The highest BCUT2D eigenvalue weighted by Gasteiger charge is 2.22. The number of hydrogen-bond acceptors (Lipinski definition) is 10. The minimum Gasteiger partial charge on any atom is -0.453 e. The molecule has 12 heteroatoms. The fraction of sp³-hybridized carbons (Fsp3) is 0.312. The summed E-state index contributed by atoms with van der Waals surface area (Å²) in [4.78, 5) is 55.9. The van der Waals surface area contributed by atoms with Gasteiger partial charge in [-0.3, -0.25) is 18.7 Å². The Bertz CT molecular complexity index is 1190. The Morgan fingerprint density at radius 2 is 1.89 bits per heavy atom. The second-order valence-electron chi connectivity index (χ2n) is 6.14. The fourth-order valence-electron chi connectivity index (χ4n) is 2.41. The average Bonchev–Trinajstić information content (AvgIpc) is 3.22. The smallest absolute Gasteiger partial charge is 0.348 e. The van der Waals surface area contributed by atoms with Crippen LogP contribution in [0.4, 0.5) is 10.9 Å². The number of ether oxygens (including phenoxy) is 1. The zero-order valence-corrected chi connectivity index (χ0v) is 17.1. The highest BCUT2D eigenvalue weighted by atomic mass is 32.1. The third-order valence-corrected chi connectivity index (χ3v) is 6.29. The van der Waals surface area contributed by atoms with E-state index in [1.165, 1.54) is 25.4 Å². The molecule has 3 aromatic rings. The van der Waals surface area contributed by atoms with Gasteiger partial charge in [0.15, 0.2) is 11.7 Å². The minimum atomic E-state index is -0.835. The van der Waals surface area contributed by atoms with E-state index in [9.17, 15) is 19.2 Å². The molecular weight excluding hydrogens is 406 g/mol. The molecule has 2 N–H and O–H groups in total. The number of thiophene rings is 1. The molecule has 0 aliphatic rings. The summed E-state index contributed by atoms with van der Waals surface area (Å²) in [6.45, 7) is -0.668. The number of nitrogens with two attached hydrogens (primary N) is 1. The highest BCUT2D eigenvalue weighted by molar-refractivity contribution is 7.29. The Kier molecular flexibility index (Phi) is 5.08. The van der Waals surface area contributed by atoms with E-state index in [1.807, 2.05) is 19.0 Å².